The van der Waals surface area contributed by atoms with Crippen LogP contribution < -0.4 is 0 Å². The zero-order valence-corrected chi connectivity index (χ0v) is 22.9. The highest BCUT2D eigenvalue weighted by Crippen LogP contribution is 2.37. The Morgan fingerprint density at radius 3 is 2.20 bits per heavy atom. The highest BCUT2D eigenvalue weighted by molar-refractivity contribution is 6.11. The van der Waals surface area contributed by atoms with E-state index in [1.165, 1.54) is 0 Å². The summed E-state index contributed by atoms with van der Waals surface area (Å²) in [5.41, 5.74) is 3.28. The Morgan fingerprint density at radius 2 is 1.30 bits per heavy atom. The maximum atomic E-state index is 9.09. The topological polar surface area (TPSA) is 56.7 Å². The van der Waals surface area contributed by atoms with E-state index in [0.29, 0.717) is 39.0 Å². The lowest BCUT2D eigenvalue weighted by Crippen LogP contribution is -2.06. The van der Waals surface area contributed by atoms with Gasteiger partial charge in [0, 0.05) is 27.1 Å². The van der Waals surface area contributed by atoms with Crippen LogP contribution in [0.25, 0.3) is 83.6 Å². The van der Waals surface area contributed by atoms with Crippen molar-refractivity contribution in [3.05, 3.63) is 145 Å². The Balaban J connectivity index is 1.39. The first kappa shape index (κ1) is 17.1. The van der Waals surface area contributed by atoms with Crippen molar-refractivity contribution >= 4 is 43.7 Å². The number of aromatic nitrogens is 4. The van der Waals surface area contributed by atoms with Gasteiger partial charge in [-0.15, -0.1) is 0 Å². The van der Waals surface area contributed by atoms with Gasteiger partial charge < -0.3 is 4.42 Å². The molecule has 0 N–H and O–H groups in total. The van der Waals surface area contributed by atoms with Crippen molar-refractivity contribution in [2.24, 2.45) is 0 Å². The van der Waals surface area contributed by atoms with Gasteiger partial charge in [0.2, 0.25) is 5.95 Å². The number of furan rings is 1. The van der Waals surface area contributed by atoms with E-state index in [1.807, 2.05) is 72.8 Å². The first-order chi connectivity index (χ1) is 25.5. The number of hydrogen-bond acceptors (Lipinski definition) is 4. The van der Waals surface area contributed by atoms with Crippen LogP contribution in [-0.4, -0.2) is 19.5 Å². The number of benzene rings is 6. The molecule has 9 rings (SSSR count). The molecule has 44 heavy (non-hydrogen) atoms. The summed E-state index contributed by atoms with van der Waals surface area (Å²) in [6.45, 7) is 0. The standard InChI is InChI=1S/C39H24N4O/c1-3-12-25(13-4-1)27-22-23-34-32(24-27)28-16-7-9-20-33(28)43(34)39-41-37(26-14-5-2-6-15-26)40-38(42-39)31-19-11-18-30-29-17-8-10-21-35(29)44-36(30)31/h1-24H/i1D,3D,4D,7D,9D,12D,13D,16D,20D. The maximum absolute atomic E-state index is 9.09. The van der Waals surface area contributed by atoms with Gasteiger partial charge in [0.05, 0.1) is 28.9 Å². The molecule has 0 saturated heterocycles. The van der Waals surface area contributed by atoms with E-state index in [0.717, 1.165) is 10.8 Å². The van der Waals surface area contributed by atoms with Gasteiger partial charge in [-0.25, -0.2) is 4.98 Å². The minimum Gasteiger partial charge on any atom is -0.455 e. The molecule has 0 aliphatic heterocycles. The molecule has 0 bridgehead atoms. The van der Waals surface area contributed by atoms with Crippen molar-refractivity contribution in [3.8, 4) is 39.9 Å². The van der Waals surface area contributed by atoms with Gasteiger partial charge in [0.1, 0.15) is 11.2 Å². The maximum Gasteiger partial charge on any atom is 0.238 e. The van der Waals surface area contributed by atoms with Crippen LogP contribution in [0.4, 0.5) is 0 Å². The van der Waals surface area contributed by atoms with Crippen LogP contribution in [-0.2, 0) is 0 Å². The third kappa shape index (κ3) is 3.83. The monoisotopic (exact) mass is 573 g/mol. The predicted molar refractivity (Wildman–Crippen MR) is 178 cm³/mol. The summed E-state index contributed by atoms with van der Waals surface area (Å²) in [7, 11) is 0. The molecule has 5 heteroatoms. The molecule has 0 spiro atoms. The molecule has 9 aromatic rings. The van der Waals surface area contributed by atoms with E-state index in [2.05, 4.69) is 0 Å². The first-order valence-corrected chi connectivity index (χ1v) is 13.9. The number of fused-ring (bicyclic) bond motifs is 6. The Bertz CT molecular complexity index is 2990. The Morgan fingerprint density at radius 1 is 0.523 bits per heavy atom. The third-order valence-corrected chi connectivity index (χ3v) is 7.69. The summed E-state index contributed by atoms with van der Waals surface area (Å²) in [6.07, 6.45) is 0. The van der Waals surface area contributed by atoms with Crippen LogP contribution in [0.5, 0.6) is 0 Å². The van der Waals surface area contributed by atoms with Gasteiger partial charge in [0.25, 0.3) is 0 Å². The van der Waals surface area contributed by atoms with Crippen LogP contribution in [0.15, 0.2) is 150 Å². The molecule has 0 radical (unpaired) electrons. The number of hydrogen-bond donors (Lipinski definition) is 0. The van der Waals surface area contributed by atoms with Gasteiger partial charge in [-0.3, -0.25) is 4.57 Å². The van der Waals surface area contributed by atoms with Crippen LogP contribution in [0, 0.1) is 0 Å². The van der Waals surface area contributed by atoms with E-state index in [4.69, 9.17) is 31.7 Å². The van der Waals surface area contributed by atoms with E-state index < -0.39 is 42.3 Å². The van der Waals surface area contributed by atoms with Crippen molar-refractivity contribution in [1.82, 2.24) is 19.5 Å². The summed E-state index contributed by atoms with van der Waals surface area (Å²) in [5.74, 6) is 0.651. The highest BCUT2D eigenvalue weighted by atomic mass is 16.3. The molecular formula is C39H24N4O. The molecule has 3 heterocycles. The van der Waals surface area contributed by atoms with Crippen LogP contribution in [0.2, 0.25) is 0 Å². The predicted octanol–water partition coefficient (Wildman–Crippen LogP) is 9.87. The third-order valence-electron chi connectivity index (χ3n) is 7.69. The largest absolute Gasteiger partial charge is 0.455 e. The molecule has 0 atom stereocenters. The SMILES string of the molecule is [2H]c1c([2H])c([2H])c(-c2ccc3c(c2)c2c([2H])c([2H])c([2H])c([2H])c2n3-c2nc(-c3ccccc3)nc(-c3cccc4c3oc3ccccc34)n2)c([2H])c1[2H]. The molecule has 0 amide bonds. The summed E-state index contributed by atoms with van der Waals surface area (Å²) in [5, 5.41) is 2.30. The molecule has 0 saturated carbocycles. The van der Waals surface area contributed by atoms with Crippen molar-refractivity contribution in [3.63, 3.8) is 0 Å². The van der Waals surface area contributed by atoms with Crippen LogP contribution in [0.3, 0.4) is 0 Å². The lowest BCUT2D eigenvalue weighted by Gasteiger charge is -2.11. The van der Waals surface area contributed by atoms with E-state index in [9.17, 15) is 0 Å². The fourth-order valence-electron chi connectivity index (χ4n) is 5.70. The molecule has 0 aliphatic carbocycles. The van der Waals surface area contributed by atoms with Gasteiger partial charge in [0.15, 0.2) is 11.6 Å². The van der Waals surface area contributed by atoms with Gasteiger partial charge in [-0.05, 0) is 41.4 Å². The zero-order chi connectivity index (χ0) is 36.9. The normalized spacial score (nSPS) is 14.5. The quantitative estimate of drug-likeness (QED) is 0.210. The van der Waals surface area contributed by atoms with Gasteiger partial charge in [-0.1, -0.05) is 115 Å². The Kier molecular flexibility index (Phi) is 3.80. The lowest BCUT2D eigenvalue weighted by atomic mass is 10.0. The van der Waals surface area contributed by atoms with E-state index >= 15 is 0 Å². The van der Waals surface area contributed by atoms with Crippen LogP contribution in [0.1, 0.15) is 12.3 Å². The average Bonchev–Trinajstić information content (AvgIpc) is 3.74. The number of rotatable bonds is 4. The fourth-order valence-corrected chi connectivity index (χ4v) is 5.70. The molecule has 3 aromatic heterocycles. The number of nitrogens with zero attached hydrogens (tertiary/aromatic N) is 4. The second-order valence-corrected chi connectivity index (χ2v) is 10.2. The van der Waals surface area contributed by atoms with Crippen molar-refractivity contribution < 1.29 is 16.8 Å². The van der Waals surface area contributed by atoms with Gasteiger partial charge in [-0.2, -0.15) is 9.97 Å². The van der Waals surface area contributed by atoms with E-state index in [1.54, 1.807) is 22.8 Å². The zero-order valence-electron chi connectivity index (χ0n) is 31.9. The second kappa shape index (κ2) is 9.75. The molecule has 6 aromatic carbocycles. The summed E-state index contributed by atoms with van der Waals surface area (Å²) >= 11 is 0. The van der Waals surface area contributed by atoms with Gasteiger partial charge >= 0.3 is 0 Å². The van der Waals surface area contributed by atoms with Crippen molar-refractivity contribution in [2.75, 3.05) is 0 Å². The van der Waals surface area contributed by atoms with E-state index in [-0.39, 0.29) is 45.9 Å². The molecular weight excluding hydrogens is 540 g/mol. The van der Waals surface area contributed by atoms with Crippen molar-refractivity contribution in [2.45, 2.75) is 0 Å². The molecule has 206 valence electrons. The molecule has 0 fully saturated rings. The fraction of sp³-hybridized carbons (Fsp3) is 0. The Labute approximate surface area is 265 Å². The minimum absolute atomic E-state index is 0.0348. The molecule has 5 nitrogen and oxygen atoms in total. The lowest BCUT2D eigenvalue weighted by molar-refractivity contribution is 0.669. The van der Waals surface area contributed by atoms with Crippen molar-refractivity contribution in [1.29, 1.82) is 0 Å². The first-order valence-electron chi connectivity index (χ1n) is 18.4. The second-order valence-electron chi connectivity index (χ2n) is 10.2. The van der Waals surface area contributed by atoms with Crippen LogP contribution >= 0.6 is 0 Å². The average molecular weight is 574 g/mol. The highest BCUT2D eigenvalue weighted by Gasteiger charge is 2.20. The Hall–Kier alpha value is -6.07. The summed E-state index contributed by atoms with van der Waals surface area (Å²) < 4.78 is 84.9. The summed E-state index contributed by atoms with van der Waals surface area (Å²) in [4.78, 5) is 14.7. The minimum atomic E-state index is -0.520. The number of para-hydroxylation sites is 3. The molecule has 0 unspecified atom stereocenters. The molecule has 0 aliphatic rings. The smallest absolute Gasteiger partial charge is 0.238 e. The summed E-state index contributed by atoms with van der Waals surface area (Å²) in [6, 6.07) is 23.7.